The summed E-state index contributed by atoms with van der Waals surface area (Å²) in [5.41, 5.74) is 6.58. The van der Waals surface area contributed by atoms with E-state index in [1.807, 2.05) is 25.2 Å². The molecule has 0 bridgehead atoms. The number of methoxy groups -OCH3 is 1. The largest absolute Gasteiger partial charge is 0.416 e. The van der Waals surface area contributed by atoms with Crippen LogP contribution in [0.5, 0.6) is 0 Å². The number of aromatic nitrogens is 4. The molecule has 1 aromatic carbocycles. The molecule has 0 saturated heterocycles. The highest BCUT2D eigenvalue weighted by molar-refractivity contribution is 5.48. The number of aromatic amines is 1. The summed E-state index contributed by atoms with van der Waals surface area (Å²) in [6, 6.07) is 3.75. The summed E-state index contributed by atoms with van der Waals surface area (Å²) in [6.45, 7) is 1.97. The van der Waals surface area contributed by atoms with E-state index < -0.39 is 17.2 Å². The highest BCUT2D eigenvalue weighted by atomic mass is 19.4. The van der Waals surface area contributed by atoms with Gasteiger partial charge in [0.05, 0.1) is 11.7 Å². The van der Waals surface area contributed by atoms with Crippen LogP contribution >= 0.6 is 0 Å². The molecule has 1 aromatic heterocycles. The Balaban J connectivity index is 2.10. The minimum Gasteiger partial charge on any atom is -0.376 e. The highest BCUT2D eigenvalue weighted by Gasteiger charge is 2.41. The highest BCUT2D eigenvalue weighted by Crippen LogP contribution is 2.42. The van der Waals surface area contributed by atoms with Crippen molar-refractivity contribution in [2.45, 2.75) is 44.0 Å². The molecule has 2 unspecified atom stereocenters. The lowest BCUT2D eigenvalue weighted by molar-refractivity contribution is -0.137. The number of H-pyrrole nitrogens is 1. The second kappa shape index (κ2) is 7.84. The quantitative estimate of drug-likeness (QED) is 0.787. The van der Waals surface area contributed by atoms with Crippen LogP contribution in [-0.2, 0) is 29.3 Å². The summed E-state index contributed by atoms with van der Waals surface area (Å²) >= 11 is 0. The van der Waals surface area contributed by atoms with Gasteiger partial charge in [-0.2, -0.15) is 18.4 Å². The molecule has 3 N–H and O–H groups in total. The van der Waals surface area contributed by atoms with Gasteiger partial charge in [0, 0.05) is 25.5 Å². The first-order valence-electron chi connectivity index (χ1n) is 8.89. The molecule has 2 atom stereocenters. The number of nitrogens with zero attached hydrogens (tertiary/aromatic N) is 3. The van der Waals surface area contributed by atoms with Gasteiger partial charge in [-0.3, -0.25) is 0 Å². The van der Waals surface area contributed by atoms with Gasteiger partial charge in [-0.05, 0) is 35.3 Å². The fourth-order valence-electron chi connectivity index (χ4n) is 3.80. The summed E-state index contributed by atoms with van der Waals surface area (Å²) in [5, 5.41) is 13.9. The maximum absolute atomic E-state index is 13.2. The van der Waals surface area contributed by atoms with Gasteiger partial charge in [-0.1, -0.05) is 36.4 Å². The van der Waals surface area contributed by atoms with Crippen molar-refractivity contribution in [1.82, 2.24) is 20.6 Å². The number of nitrogens with two attached hydrogens (primary N) is 1. The first kappa shape index (κ1) is 20.2. The van der Waals surface area contributed by atoms with E-state index in [1.54, 1.807) is 7.11 Å². The molecule has 1 aliphatic rings. The van der Waals surface area contributed by atoms with Gasteiger partial charge in [-0.25, -0.2) is 0 Å². The Morgan fingerprint density at radius 1 is 1.32 bits per heavy atom. The van der Waals surface area contributed by atoms with Crippen molar-refractivity contribution in [3.8, 4) is 0 Å². The summed E-state index contributed by atoms with van der Waals surface area (Å²) in [6.07, 6.45) is 2.16. The average Bonchev–Trinajstić information content (AvgIpc) is 3.19. The molecule has 1 heterocycles. The monoisotopic (exact) mass is 393 g/mol. The smallest absolute Gasteiger partial charge is 0.376 e. The lowest BCUT2D eigenvalue weighted by Crippen LogP contribution is -2.40. The molecule has 2 aromatic rings. The van der Waals surface area contributed by atoms with E-state index in [9.17, 15) is 13.2 Å². The molecular formula is C19H22F3N5O. The average molecular weight is 393 g/mol. The van der Waals surface area contributed by atoms with Crippen LogP contribution in [0.3, 0.4) is 0 Å². The van der Waals surface area contributed by atoms with E-state index in [0.29, 0.717) is 24.2 Å². The van der Waals surface area contributed by atoms with Crippen LogP contribution in [0.15, 0.2) is 42.0 Å². The fourth-order valence-corrected chi connectivity index (χ4v) is 3.80. The summed E-state index contributed by atoms with van der Waals surface area (Å²) in [7, 11) is 1.59. The molecule has 0 aliphatic heterocycles. The number of ether oxygens (including phenoxy) is 1. The molecule has 3 rings (SSSR count). The summed E-state index contributed by atoms with van der Waals surface area (Å²) in [5.74, 6) is 0.531. The van der Waals surface area contributed by atoms with E-state index in [2.05, 4.69) is 20.6 Å². The van der Waals surface area contributed by atoms with E-state index in [1.165, 1.54) is 6.07 Å². The maximum Gasteiger partial charge on any atom is 0.416 e. The van der Waals surface area contributed by atoms with Crippen molar-refractivity contribution in [2.24, 2.45) is 5.73 Å². The van der Waals surface area contributed by atoms with E-state index in [4.69, 9.17) is 10.5 Å². The minimum atomic E-state index is -4.42. The number of rotatable bonds is 6. The van der Waals surface area contributed by atoms with Crippen LogP contribution < -0.4 is 5.73 Å². The molecule has 9 heteroatoms. The van der Waals surface area contributed by atoms with Gasteiger partial charge in [0.1, 0.15) is 0 Å². The molecule has 0 saturated carbocycles. The zero-order valence-electron chi connectivity index (χ0n) is 15.6. The molecule has 28 heavy (non-hydrogen) atoms. The second-order valence-electron chi connectivity index (χ2n) is 6.71. The molecular weight excluding hydrogens is 371 g/mol. The van der Waals surface area contributed by atoms with Gasteiger partial charge in [0.15, 0.2) is 5.82 Å². The van der Waals surface area contributed by atoms with Crippen molar-refractivity contribution < 1.29 is 17.9 Å². The summed E-state index contributed by atoms with van der Waals surface area (Å²) in [4.78, 5) is 0. The Morgan fingerprint density at radius 3 is 2.68 bits per heavy atom. The van der Waals surface area contributed by atoms with Crippen LogP contribution in [0.2, 0.25) is 0 Å². The summed E-state index contributed by atoms with van der Waals surface area (Å²) < 4.78 is 45.2. The van der Waals surface area contributed by atoms with Gasteiger partial charge in [0.2, 0.25) is 0 Å². The fraction of sp³-hybridized carbons (Fsp3) is 0.421. The maximum atomic E-state index is 13.2. The first-order valence-corrected chi connectivity index (χ1v) is 8.89. The van der Waals surface area contributed by atoms with Crippen molar-refractivity contribution in [3.63, 3.8) is 0 Å². The van der Waals surface area contributed by atoms with Crippen LogP contribution in [0.4, 0.5) is 13.2 Å². The number of tetrazole rings is 1. The first-order chi connectivity index (χ1) is 13.3. The zero-order valence-corrected chi connectivity index (χ0v) is 15.6. The molecule has 1 aliphatic carbocycles. The minimum absolute atomic E-state index is 0.00479. The van der Waals surface area contributed by atoms with Crippen LogP contribution in [0.25, 0.3) is 0 Å². The van der Waals surface area contributed by atoms with Crippen molar-refractivity contribution in [2.75, 3.05) is 7.11 Å². The predicted molar refractivity (Wildman–Crippen MR) is 97.2 cm³/mol. The third-order valence-corrected chi connectivity index (χ3v) is 5.18. The second-order valence-corrected chi connectivity index (χ2v) is 6.71. The molecule has 0 fully saturated rings. The van der Waals surface area contributed by atoms with Gasteiger partial charge < -0.3 is 10.5 Å². The Labute approximate surface area is 160 Å². The third kappa shape index (κ3) is 3.72. The lowest BCUT2D eigenvalue weighted by atomic mass is 9.68. The van der Waals surface area contributed by atoms with Gasteiger partial charge in [-0.15, -0.1) is 10.2 Å². The number of hydrogen-bond donors (Lipinski definition) is 2. The zero-order chi connectivity index (χ0) is 20.4. The molecule has 0 radical (unpaired) electrons. The van der Waals surface area contributed by atoms with Gasteiger partial charge >= 0.3 is 6.18 Å². The van der Waals surface area contributed by atoms with Crippen molar-refractivity contribution in [1.29, 1.82) is 0 Å². The van der Waals surface area contributed by atoms with Crippen LogP contribution in [0.1, 0.15) is 35.9 Å². The number of hydrogen-bond acceptors (Lipinski definition) is 5. The van der Waals surface area contributed by atoms with Crippen LogP contribution in [0, 0.1) is 0 Å². The Bertz CT molecular complexity index is 876. The van der Waals surface area contributed by atoms with Gasteiger partial charge in [0.25, 0.3) is 0 Å². The Hall–Kier alpha value is -2.52. The predicted octanol–water partition coefficient (Wildman–Crippen LogP) is 3.08. The number of nitrogens with one attached hydrogen (secondary N) is 1. The number of allylic oxidation sites excluding steroid dienone is 2. The molecule has 6 nitrogen and oxygen atoms in total. The number of benzene rings is 1. The van der Waals surface area contributed by atoms with Crippen molar-refractivity contribution >= 4 is 0 Å². The number of halogens is 3. The molecule has 150 valence electrons. The molecule has 0 spiro atoms. The van der Waals surface area contributed by atoms with Crippen LogP contribution in [-0.4, -0.2) is 33.8 Å². The number of alkyl halides is 3. The van der Waals surface area contributed by atoms with E-state index >= 15 is 0 Å². The lowest BCUT2D eigenvalue weighted by Gasteiger charge is -2.40. The normalized spacial score (nSPS) is 22.4. The third-order valence-electron chi connectivity index (χ3n) is 5.18. The molecule has 0 amide bonds. The van der Waals surface area contributed by atoms with Crippen molar-refractivity contribution in [3.05, 3.63) is 64.5 Å². The SMILES string of the molecule is CCC1(c2ccc(C(F)(F)F)cc2CN)C=C(Cc2nn[nH]n2)C=CC1OC. The standard InChI is InChI=1S/C19H22F3N5O/c1-3-18(15-6-5-14(19(20,21)22)9-13(15)11-23)10-12(4-7-16(18)28-2)8-17-24-26-27-25-17/h4-7,9-10,16H,3,8,11,23H2,1-2H3,(H,24,25,26,27). The Morgan fingerprint density at radius 2 is 2.11 bits per heavy atom. The topological polar surface area (TPSA) is 89.7 Å². The van der Waals surface area contributed by atoms with E-state index in [0.717, 1.165) is 23.3 Å². The Kier molecular flexibility index (Phi) is 5.66. The van der Waals surface area contributed by atoms with E-state index in [-0.39, 0.29) is 12.6 Å².